The van der Waals surface area contributed by atoms with Crippen LogP contribution >= 0.6 is 0 Å². The van der Waals surface area contributed by atoms with Crippen LogP contribution in [0.1, 0.15) is 81.2 Å². The number of carboxylic acid groups (broad SMARTS) is 1. The monoisotopic (exact) mass is 521 g/mol. The number of esters is 3. The van der Waals surface area contributed by atoms with E-state index in [1.165, 1.54) is 12.1 Å². The molecule has 0 aliphatic rings. The zero-order chi connectivity index (χ0) is 28.9. The molecule has 1 rings (SSSR count). The summed E-state index contributed by atoms with van der Waals surface area (Å²) in [5.74, 6) is -3.05. The van der Waals surface area contributed by atoms with Gasteiger partial charge in [-0.3, -0.25) is 19.2 Å². The Morgan fingerprint density at radius 2 is 1.35 bits per heavy atom. The molecule has 0 radical (unpaired) electrons. The summed E-state index contributed by atoms with van der Waals surface area (Å²) in [4.78, 5) is 49.6. The van der Waals surface area contributed by atoms with Crippen molar-refractivity contribution < 1.29 is 38.5 Å². The Morgan fingerprint density at radius 1 is 0.865 bits per heavy atom. The van der Waals surface area contributed by atoms with Crippen LogP contribution in [-0.2, 0) is 30.3 Å². The molecule has 3 N–H and O–H groups in total. The van der Waals surface area contributed by atoms with Crippen molar-refractivity contribution in [3.63, 3.8) is 0 Å². The molecule has 0 saturated heterocycles. The molecule has 3 atom stereocenters. The van der Waals surface area contributed by atoms with Crippen LogP contribution in [0.2, 0.25) is 0 Å². The van der Waals surface area contributed by atoms with Gasteiger partial charge >= 0.3 is 23.9 Å². The standard InChI is InChI=1S/C28H43NO8/c1-16(2)18(4)22(30)35-17(3)14-28(29,23(31)32)15-19-11-12-20(36-24(33)26(5,6)7)21(13-19)37-25(34)27(8,9)10/h11-13,16-18H,14-15,29H2,1-10H3,(H,31,32)/t17-,18?,28?/m0/s1. The summed E-state index contributed by atoms with van der Waals surface area (Å²) < 4.78 is 16.5. The maximum atomic E-state index is 12.6. The summed E-state index contributed by atoms with van der Waals surface area (Å²) >= 11 is 0. The zero-order valence-electron chi connectivity index (χ0n) is 23.8. The minimum absolute atomic E-state index is 0.0204. The highest BCUT2D eigenvalue weighted by Crippen LogP contribution is 2.34. The molecule has 2 unspecified atom stereocenters. The number of hydrogen-bond acceptors (Lipinski definition) is 8. The quantitative estimate of drug-likeness (QED) is 0.335. The largest absolute Gasteiger partial charge is 0.480 e. The Labute approximate surface area is 220 Å². The zero-order valence-corrected chi connectivity index (χ0v) is 23.8. The predicted octanol–water partition coefficient (Wildman–Crippen LogP) is 4.53. The number of carbonyl (C=O) groups is 4. The van der Waals surface area contributed by atoms with E-state index in [0.717, 1.165) is 0 Å². The van der Waals surface area contributed by atoms with Crippen molar-refractivity contribution in [3.05, 3.63) is 23.8 Å². The van der Waals surface area contributed by atoms with Gasteiger partial charge in [0.05, 0.1) is 16.7 Å². The van der Waals surface area contributed by atoms with Crippen LogP contribution in [-0.4, -0.2) is 40.6 Å². The van der Waals surface area contributed by atoms with Gasteiger partial charge in [-0.05, 0) is 72.1 Å². The molecule has 1 aromatic rings. The van der Waals surface area contributed by atoms with Crippen LogP contribution in [0.5, 0.6) is 11.5 Å². The maximum absolute atomic E-state index is 12.6. The third-order valence-corrected chi connectivity index (χ3v) is 5.92. The Hall–Kier alpha value is -2.94. The smallest absolute Gasteiger partial charge is 0.324 e. The first-order valence-electron chi connectivity index (χ1n) is 12.5. The van der Waals surface area contributed by atoms with Gasteiger partial charge in [-0.15, -0.1) is 0 Å². The van der Waals surface area contributed by atoms with E-state index in [1.807, 2.05) is 13.8 Å². The normalized spacial score (nSPS) is 15.4. The fourth-order valence-corrected chi connectivity index (χ4v) is 3.06. The number of hydrogen-bond donors (Lipinski definition) is 2. The van der Waals surface area contributed by atoms with Crippen LogP contribution in [0.15, 0.2) is 18.2 Å². The molecule has 0 amide bonds. The molecule has 9 heteroatoms. The molecular weight excluding hydrogens is 478 g/mol. The van der Waals surface area contributed by atoms with Gasteiger partial charge < -0.3 is 25.1 Å². The molecule has 0 spiro atoms. The van der Waals surface area contributed by atoms with Gasteiger partial charge in [0.25, 0.3) is 0 Å². The minimum atomic E-state index is -1.78. The Kier molecular flexibility index (Phi) is 10.5. The van der Waals surface area contributed by atoms with E-state index in [1.54, 1.807) is 61.5 Å². The van der Waals surface area contributed by atoms with E-state index in [2.05, 4.69) is 0 Å². The van der Waals surface area contributed by atoms with Gasteiger partial charge in [0.2, 0.25) is 0 Å². The van der Waals surface area contributed by atoms with Crippen LogP contribution in [0.3, 0.4) is 0 Å². The van der Waals surface area contributed by atoms with Crippen LogP contribution in [0.4, 0.5) is 0 Å². The number of aliphatic carboxylic acids is 1. The molecule has 0 heterocycles. The second-order valence-electron chi connectivity index (χ2n) is 12.2. The van der Waals surface area contributed by atoms with Gasteiger partial charge in [0, 0.05) is 12.8 Å². The number of ether oxygens (including phenoxy) is 3. The van der Waals surface area contributed by atoms with Crippen molar-refractivity contribution >= 4 is 23.9 Å². The van der Waals surface area contributed by atoms with Crippen molar-refractivity contribution in [2.45, 2.75) is 93.7 Å². The molecular formula is C28H43NO8. The number of rotatable bonds is 10. The van der Waals surface area contributed by atoms with Crippen LogP contribution in [0, 0.1) is 22.7 Å². The summed E-state index contributed by atoms with van der Waals surface area (Å²) in [6, 6.07) is 4.44. The fraction of sp³-hybridized carbons (Fsp3) is 0.643. The van der Waals surface area contributed by atoms with E-state index in [4.69, 9.17) is 19.9 Å². The molecule has 0 saturated carbocycles. The third-order valence-electron chi connectivity index (χ3n) is 5.92. The number of carbonyl (C=O) groups excluding carboxylic acids is 3. The Balaban J connectivity index is 3.28. The first-order chi connectivity index (χ1) is 16.7. The molecule has 0 aromatic heterocycles. The van der Waals surface area contributed by atoms with Gasteiger partial charge in [0.1, 0.15) is 11.6 Å². The van der Waals surface area contributed by atoms with Gasteiger partial charge in [0.15, 0.2) is 11.5 Å². The van der Waals surface area contributed by atoms with Crippen molar-refractivity contribution in [2.75, 3.05) is 0 Å². The Morgan fingerprint density at radius 3 is 1.78 bits per heavy atom. The number of nitrogens with two attached hydrogens (primary N) is 1. The molecule has 0 bridgehead atoms. The van der Waals surface area contributed by atoms with E-state index in [-0.39, 0.29) is 36.2 Å². The highest BCUT2D eigenvalue weighted by molar-refractivity contribution is 5.82. The Bertz CT molecular complexity index is 1000. The average molecular weight is 522 g/mol. The van der Waals surface area contributed by atoms with Crippen LogP contribution < -0.4 is 15.2 Å². The fourth-order valence-electron chi connectivity index (χ4n) is 3.06. The van der Waals surface area contributed by atoms with E-state index < -0.39 is 46.4 Å². The van der Waals surface area contributed by atoms with Gasteiger partial charge in [-0.1, -0.05) is 26.8 Å². The topological polar surface area (TPSA) is 142 Å². The van der Waals surface area contributed by atoms with E-state index >= 15 is 0 Å². The van der Waals surface area contributed by atoms with E-state index in [9.17, 15) is 24.3 Å². The molecule has 0 aliphatic carbocycles. The molecule has 208 valence electrons. The second kappa shape index (κ2) is 12.1. The van der Waals surface area contributed by atoms with E-state index in [0.29, 0.717) is 5.56 Å². The summed E-state index contributed by atoms with van der Waals surface area (Å²) in [5.41, 5.74) is 3.31. The highest BCUT2D eigenvalue weighted by Gasteiger charge is 2.38. The third kappa shape index (κ3) is 9.46. The molecule has 0 aliphatic heterocycles. The molecule has 9 nitrogen and oxygen atoms in total. The van der Waals surface area contributed by atoms with Crippen molar-refractivity contribution in [1.82, 2.24) is 0 Å². The second-order valence-corrected chi connectivity index (χ2v) is 12.2. The van der Waals surface area contributed by atoms with Crippen molar-refractivity contribution in [2.24, 2.45) is 28.4 Å². The lowest BCUT2D eigenvalue weighted by atomic mass is 9.86. The molecule has 1 aromatic carbocycles. The SMILES string of the molecule is CC(C)C(C)C(=O)O[C@@H](C)CC(N)(Cc1ccc(OC(=O)C(C)(C)C)c(OC(=O)C(C)(C)C)c1)C(=O)O. The average Bonchev–Trinajstić information content (AvgIpc) is 2.72. The van der Waals surface area contributed by atoms with Gasteiger partial charge in [-0.2, -0.15) is 0 Å². The predicted molar refractivity (Wildman–Crippen MR) is 139 cm³/mol. The lowest BCUT2D eigenvalue weighted by molar-refractivity contribution is -0.157. The lowest BCUT2D eigenvalue weighted by Gasteiger charge is -2.29. The summed E-state index contributed by atoms with van der Waals surface area (Å²) in [6.45, 7) is 17.3. The number of carboxylic acids is 1. The van der Waals surface area contributed by atoms with Gasteiger partial charge in [-0.25, -0.2) is 0 Å². The summed E-state index contributed by atoms with van der Waals surface area (Å²) in [7, 11) is 0. The highest BCUT2D eigenvalue weighted by atomic mass is 16.6. The lowest BCUT2D eigenvalue weighted by Crippen LogP contribution is -2.52. The van der Waals surface area contributed by atoms with Crippen molar-refractivity contribution in [3.8, 4) is 11.5 Å². The first-order valence-corrected chi connectivity index (χ1v) is 12.5. The maximum Gasteiger partial charge on any atom is 0.324 e. The summed E-state index contributed by atoms with van der Waals surface area (Å²) in [5, 5.41) is 9.94. The molecule has 37 heavy (non-hydrogen) atoms. The van der Waals surface area contributed by atoms with Crippen LogP contribution in [0.25, 0.3) is 0 Å². The summed E-state index contributed by atoms with van der Waals surface area (Å²) in [6.07, 6.45) is -1.05. The minimum Gasteiger partial charge on any atom is -0.480 e. The van der Waals surface area contributed by atoms with Crippen molar-refractivity contribution in [1.29, 1.82) is 0 Å². The molecule has 0 fully saturated rings. The first kappa shape index (κ1) is 32.1. The number of benzene rings is 1.